The first-order chi connectivity index (χ1) is 15.9. The van der Waals surface area contributed by atoms with Gasteiger partial charge in [0.2, 0.25) is 0 Å². The van der Waals surface area contributed by atoms with Gasteiger partial charge in [0.1, 0.15) is 5.82 Å². The third-order valence-electron chi connectivity index (χ3n) is 5.66. The summed E-state index contributed by atoms with van der Waals surface area (Å²) in [6, 6.07) is 17.9. The van der Waals surface area contributed by atoms with Gasteiger partial charge in [-0.3, -0.25) is 9.59 Å². The molecule has 0 atom stereocenters. The standard InChI is InChI=1S/C26H23BrFN3O2/c1-15-21(22-13-20(27)14-23(28)24(22)31-15)11-12-30-26(33)19-9-5-17(6-10-19)16-3-7-18(8-4-16)25(32)29-2/h3-10,13-14,31H,11-12H2,1-2H3,(H,29,32)(H,30,33). The largest absolute Gasteiger partial charge is 0.356 e. The monoisotopic (exact) mass is 507 g/mol. The summed E-state index contributed by atoms with van der Waals surface area (Å²) < 4.78 is 14.9. The van der Waals surface area contributed by atoms with Crippen LogP contribution in [0.5, 0.6) is 0 Å². The van der Waals surface area contributed by atoms with E-state index in [0.29, 0.717) is 34.1 Å². The van der Waals surface area contributed by atoms with Crippen molar-refractivity contribution >= 4 is 38.6 Å². The minimum atomic E-state index is -0.305. The maximum Gasteiger partial charge on any atom is 0.251 e. The second kappa shape index (κ2) is 9.58. The molecule has 3 N–H and O–H groups in total. The highest BCUT2D eigenvalue weighted by Crippen LogP contribution is 2.28. The number of halogens is 2. The first-order valence-electron chi connectivity index (χ1n) is 10.5. The van der Waals surface area contributed by atoms with Crippen LogP contribution in [0.1, 0.15) is 32.0 Å². The fourth-order valence-electron chi connectivity index (χ4n) is 3.90. The van der Waals surface area contributed by atoms with Gasteiger partial charge < -0.3 is 15.6 Å². The first kappa shape index (κ1) is 22.7. The van der Waals surface area contributed by atoms with Gasteiger partial charge in [-0.1, -0.05) is 40.2 Å². The molecule has 0 bridgehead atoms. The number of hydrogen-bond acceptors (Lipinski definition) is 2. The van der Waals surface area contributed by atoms with E-state index in [1.807, 2.05) is 37.3 Å². The highest BCUT2D eigenvalue weighted by molar-refractivity contribution is 9.10. The molecule has 168 valence electrons. The quantitative estimate of drug-likeness (QED) is 0.327. The molecule has 0 saturated carbocycles. The van der Waals surface area contributed by atoms with Crippen molar-refractivity contribution in [2.24, 2.45) is 0 Å². The molecule has 0 fully saturated rings. The van der Waals surface area contributed by atoms with E-state index in [1.165, 1.54) is 6.07 Å². The third kappa shape index (κ3) is 4.83. The number of H-pyrrole nitrogens is 1. The van der Waals surface area contributed by atoms with Gasteiger partial charge in [0.15, 0.2) is 0 Å². The number of rotatable bonds is 6. The van der Waals surface area contributed by atoms with E-state index in [0.717, 1.165) is 27.8 Å². The summed E-state index contributed by atoms with van der Waals surface area (Å²) >= 11 is 3.34. The van der Waals surface area contributed by atoms with Crippen LogP contribution in [0.3, 0.4) is 0 Å². The van der Waals surface area contributed by atoms with Crippen molar-refractivity contribution in [1.82, 2.24) is 15.6 Å². The third-order valence-corrected chi connectivity index (χ3v) is 6.12. The van der Waals surface area contributed by atoms with E-state index >= 15 is 0 Å². The highest BCUT2D eigenvalue weighted by Gasteiger charge is 2.14. The van der Waals surface area contributed by atoms with E-state index in [4.69, 9.17) is 0 Å². The van der Waals surface area contributed by atoms with Crippen molar-refractivity contribution in [2.75, 3.05) is 13.6 Å². The molecule has 3 aromatic carbocycles. The van der Waals surface area contributed by atoms with Crippen molar-refractivity contribution in [3.63, 3.8) is 0 Å². The first-order valence-corrected chi connectivity index (χ1v) is 11.3. The molecule has 2 amide bonds. The number of aromatic amines is 1. The minimum Gasteiger partial charge on any atom is -0.356 e. The molecule has 0 unspecified atom stereocenters. The maximum atomic E-state index is 14.2. The smallest absolute Gasteiger partial charge is 0.251 e. The molecule has 5 nitrogen and oxygen atoms in total. The Balaban J connectivity index is 1.40. The molecule has 1 heterocycles. The Labute approximate surface area is 199 Å². The number of carbonyl (C=O) groups is 2. The fraction of sp³-hybridized carbons (Fsp3) is 0.154. The van der Waals surface area contributed by atoms with E-state index in [9.17, 15) is 14.0 Å². The topological polar surface area (TPSA) is 74.0 Å². The lowest BCUT2D eigenvalue weighted by Gasteiger charge is -2.08. The van der Waals surface area contributed by atoms with Crippen LogP contribution in [-0.4, -0.2) is 30.4 Å². The average Bonchev–Trinajstić information content (AvgIpc) is 3.14. The number of aryl methyl sites for hydroxylation is 1. The predicted molar refractivity (Wildman–Crippen MR) is 132 cm³/mol. The van der Waals surface area contributed by atoms with Crippen LogP contribution in [0.2, 0.25) is 0 Å². The Morgan fingerprint density at radius 2 is 1.52 bits per heavy atom. The molecule has 7 heteroatoms. The molecule has 0 aliphatic carbocycles. The second-order valence-electron chi connectivity index (χ2n) is 7.78. The van der Waals surface area contributed by atoms with E-state index in [-0.39, 0.29) is 17.6 Å². The highest BCUT2D eigenvalue weighted by atomic mass is 79.9. The molecule has 0 radical (unpaired) electrons. The molecule has 1 aromatic heterocycles. The number of fused-ring (bicyclic) bond motifs is 1. The summed E-state index contributed by atoms with van der Waals surface area (Å²) in [7, 11) is 1.60. The van der Waals surface area contributed by atoms with Crippen LogP contribution in [0.15, 0.2) is 65.1 Å². The maximum absolute atomic E-state index is 14.2. The molecule has 33 heavy (non-hydrogen) atoms. The molecule has 0 saturated heterocycles. The Kier molecular flexibility index (Phi) is 6.60. The van der Waals surface area contributed by atoms with Crippen molar-refractivity contribution in [3.05, 3.63) is 93.3 Å². The number of amides is 2. The molecule has 0 spiro atoms. The minimum absolute atomic E-state index is 0.130. The summed E-state index contributed by atoms with van der Waals surface area (Å²) in [5.41, 5.74) is 5.43. The summed E-state index contributed by atoms with van der Waals surface area (Å²) in [5, 5.41) is 6.36. The lowest BCUT2D eigenvalue weighted by molar-refractivity contribution is 0.0949. The van der Waals surface area contributed by atoms with Crippen LogP contribution in [0.25, 0.3) is 22.0 Å². The lowest BCUT2D eigenvalue weighted by Crippen LogP contribution is -2.25. The molecular formula is C26H23BrFN3O2. The predicted octanol–water partition coefficient (Wildman–Crippen LogP) is 5.38. The van der Waals surface area contributed by atoms with Gasteiger partial charge >= 0.3 is 0 Å². The summed E-state index contributed by atoms with van der Waals surface area (Å²) in [5.74, 6) is -0.600. The van der Waals surface area contributed by atoms with Gasteiger partial charge in [-0.25, -0.2) is 4.39 Å². The van der Waals surface area contributed by atoms with Gasteiger partial charge in [0.05, 0.1) is 5.52 Å². The number of hydrogen-bond donors (Lipinski definition) is 3. The van der Waals surface area contributed by atoms with E-state index in [2.05, 4.69) is 31.5 Å². The Morgan fingerprint density at radius 3 is 2.09 bits per heavy atom. The Morgan fingerprint density at radius 1 is 0.939 bits per heavy atom. The van der Waals surface area contributed by atoms with Gasteiger partial charge in [-0.2, -0.15) is 0 Å². The average molecular weight is 508 g/mol. The van der Waals surface area contributed by atoms with Crippen LogP contribution >= 0.6 is 15.9 Å². The Bertz CT molecular complexity index is 1330. The second-order valence-corrected chi connectivity index (χ2v) is 8.69. The van der Waals surface area contributed by atoms with Gasteiger partial charge in [-0.05, 0) is 66.4 Å². The normalized spacial score (nSPS) is 10.9. The van der Waals surface area contributed by atoms with Gasteiger partial charge in [0, 0.05) is 40.3 Å². The summed E-state index contributed by atoms with van der Waals surface area (Å²) in [4.78, 5) is 27.4. The SMILES string of the molecule is CNC(=O)c1ccc(-c2ccc(C(=O)NCCc3c(C)[nH]c4c(F)cc(Br)cc34)cc2)cc1. The molecular weight excluding hydrogens is 485 g/mol. The summed E-state index contributed by atoms with van der Waals surface area (Å²) in [6.45, 7) is 2.34. The van der Waals surface area contributed by atoms with Crippen molar-refractivity contribution in [2.45, 2.75) is 13.3 Å². The number of benzene rings is 3. The lowest BCUT2D eigenvalue weighted by atomic mass is 10.0. The molecule has 0 aliphatic rings. The van der Waals surface area contributed by atoms with E-state index in [1.54, 1.807) is 31.3 Å². The van der Waals surface area contributed by atoms with Crippen LogP contribution in [-0.2, 0) is 6.42 Å². The van der Waals surface area contributed by atoms with E-state index < -0.39 is 0 Å². The van der Waals surface area contributed by atoms with Crippen molar-refractivity contribution in [1.29, 1.82) is 0 Å². The van der Waals surface area contributed by atoms with Crippen LogP contribution in [0, 0.1) is 12.7 Å². The van der Waals surface area contributed by atoms with Gasteiger partial charge in [-0.15, -0.1) is 0 Å². The van der Waals surface area contributed by atoms with Crippen LogP contribution in [0.4, 0.5) is 4.39 Å². The zero-order valence-corrected chi connectivity index (χ0v) is 19.8. The van der Waals surface area contributed by atoms with Crippen LogP contribution < -0.4 is 10.6 Å². The number of carbonyl (C=O) groups excluding carboxylic acids is 2. The zero-order chi connectivity index (χ0) is 23.5. The number of nitrogens with one attached hydrogen (secondary N) is 3. The number of aromatic nitrogens is 1. The van der Waals surface area contributed by atoms with Crippen molar-refractivity contribution < 1.29 is 14.0 Å². The van der Waals surface area contributed by atoms with Crippen molar-refractivity contribution in [3.8, 4) is 11.1 Å². The molecule has 0 aliphatic heterocycles. The molecule has 4 rings (SSSR count). The molecule has 4 aromatic rings. The summed E-state index contributed by atoms with van der Waals surface area (Å²) in [6.07, 6.45) is 0.587. The zero-order valence-electron chi connectivity index (χ0n) is 18.3. The Hall–Kier alpha value is -3.45. The van der Waals surface area contributed by atoms with Gasteiger partial charge in [0.25, 0.3) is 11.8 Å². The fourth-order valence-corrected chi connectivity index (χ4v) is 4.33.